The summed E-state index contributed by atoms with van der Waals surface area (Å²) in [5, 5.41) is 12.2. The molecule has 1 amide bonds. The molecule has 0 spiro atoms. The van der Waals surface area contributed by atoms with Crippen molar-refractivity contribution in [1.29, 1.82) is 0 Å². The molecule has 0 bridgehead atoms. The molecule has 1 aliphatic heterocycles. The van der Waals surface area contributed by atoms with Gasteiger partial charge in [-0.25, -0.2) is 0 Å². The van der Waals surface area contributed by atoms with E-state index in [-0.39, 0.29) is 11.7 Å². The highest BCUT2D eigenvalue weighted by molar-refractivity contribution is 6.01. The topological polar surface area (TPSA) is 40.5 Å². The summed E-state index contributed by atoms with van der Waals surface area (Å²) in [5.41, 5.74) is 1.77. The van der Waals surface area contributed by atoms with Gasteiger partial charge in [0, 0.05) is 13.1 Å². The van der Waals surface area contributed by atoms with Crippen LogP contribution in [-0.2, 0) is 6.42 Å². The third kappa shape index (κ3) is 3.43. The molecule has 26 heavy (non-hydrogen) atoms. The minimum absolute atomic E-state index is 0.0635. The van der Waals surface area contributed by atoms with Gasteiger partial charge in [0.2, 0.25) is 0 Å². The van der Waals surface area contributed by atoms with Gasteiger partial charge in [-0.15, -0.1) is 0 Å². The Morgan fingerprint density at radius 3 is 2.23 bits per heavy atom. The number of amides is 1. The van der Waals surface area contributed by atoms with E-state index in [2.05, 4.69) is 24.3 Å². The molecule has 1 heterocycles. The van der Waals surface area contributed by atoms with Gasteiger partial charge in [0.25, 0.3) is 5.91 Å². The maximum Gasteiger partial charge on any atom is 0.257 e. The number of likely N-dealkylation sites (tertiary alicyclic amines) is 1. The fourth-order valence-corrected chi connectivity index (χ4v) is 3.86. The van der Waals surface area contributed by atoms with Crippen molar-refractivity contribution in [2.24, 2.45) is 5.92 Å². The van der Waals surface area contributed by atoms with Crippen molar-refractivity contribution in [3.8, 4) is 5.75 Å². The van der Waals surface area contributed by atoms with Gasteiger partial charge >= 0.3 is 0 Å². The van der Waals surface area contributed by atoms with Crippen LogP contribution >= 0.6 is 0 Å². The summed E-state index contributed by atoms with van der Waals surface area (Å²) in [5.74, 6) is 0.623. The van der Waals surface area contributed by atoms with Crippen LogP contribution in [0.25, 0.3) is 10.8 Å². The van der Waals surface area contributed by atoms with Gasteiger partial charge in [0.1, 0.15) is 5.75 Å². The number of hydrogen-bond acceptors (Lipinski definition) is 2. The summed E-state index contributed by atoms with van der Waals surface area (Å²) in [6.45, 7) is 1.51. The monoisotopic (exact) mass is 345 g/mol. The van der Waals surface area contributed by atoms with E-state index < -0.39 is 0 Å². The van der Waals surface area contributed by atoms with Crippen molar-refractivity contribution < 1.29 is 9.90 Å². The molecule has 0 aromatic heterocycles. The van der Waals surface area contributed by atoms with E-state index in [0.29, 0.717) is 11.5 Å². The lowest BCUT2D eigenvalue weighted by atomic mass is 9.90. The zero-order chi connectivity index (χ0) is 17.9. The van der Waals surface area contributed by atoms with Crippen LogP contribution in [0, 0.1) is 5.92 Å². The van der Waals surface area contributed by atoms with Gasteiger partial charge < -0.3 is 10.0 Å². The Morgan fingerprint density at radius 2 is 1.54 bits per heavy atom. The summed E-state index contributed by atoms with van der Waals surface area (Å²) in [7, 11) is 0. The lowest BCUT2D eigenvalue weighted by Gasteiger charge is -2.32. The first kappa shape index (κ1) is 16.6. The number of benzene rings is 3. The highest BCUT2D eigenvalue weighted by Crippen LogP contribution is 2.28. The third-order valence-electron chi connectivity index (χ3n) is 5.36. The van der Waals surface area contributed by atoms with Gasteiger partial charge in [0.05, 0.1) is 5.56 Å². The van der Waals surface area contributed by atoms with Crippen LogP contribution in [0.5, 0.6) is 5.75 Å². The number of carbonyl (C=O) groups excluding carboxylic acids is 1. The van der Waals surface area contributed by atoms with E-state index in [4.69, 9.17) is 0 Å². The molecule has 4 rings (SSSR count). The number of phenolic OH excluding ortho intramolecular Hbond substituents is 1. The molecule has 3 nitrogen and oxygen atoms in total. The van der Waals surface area contributed by atoms with Crippen LogP contribution in [0.1, 0.15) is 28.8 Å². The first-order valence-electron chi connectivity index (χ1n) is 9.25. The lowest BCUT2D eigenvalue weighted by Crippen LogP contribution is -2.38. The molecule has 0 radical (unpaired) electrons. The average molecular weight is 345 g/mol. The predicted octanol–water partition coefficient (Wildman–Crippen LogP) is 4.64. The van der Waals surface area contributed by atoms with Crippen LogP contribution in [-0.4, -0.2) is 29.0 Å². The van der Waals surface area contributed by atoms with Crippen LogP contribution < -0.4 is 0 Å². The summed E-state index contributed by atoms with van der Waals surface area (Å²) < 4.78 is 0. The molecule has 3 aromatic carbocycles. The van der Waals surface area contributed by atoms with Crippen molar-refractivity contribution in [3.05, 3.63) is 77.9 Å². The molecule has 3 aromatic rings. The molecule has 0 aliphatic carbocycles. The molecule has 132 valence electrons. The van der Waals surface area contributed by atoms with E-state index in [0.717, 1.165) is 43.1 Å². The van der Waals surface area contributed by atoms with Crippen LogP contribution in [0.15, 0.2) is 66.7 Å². The molecule has 0 saturated carbocycles. The number of piperidine rings is 1. The number of hydrogen-bond donors (Lipinski definition) is 1. The Balaban J connectivity index is 1.44. The number of nitrogens with zero attached hydrogens (tertiary/aromatic N) is 1. The van der Waals surface area contributed by atoms with Gasteiger partial charge in [-0.3, -0.25) is 4.79 Å². The number of fused-ring (bicyclic) bond motifs is 1. The van der Waals surface area contributed by atoms with Crippen LogP contribution in [0.2, 0.25) is 0 Å². The second kappa shape index (κ2) is 7.20. The Morgan fingerprint density at radius 1 is 0.923 bits per heavy atom. The summed E-state index contributed by atoms with van der Waals surface area (Å²) in [6.07, 6.45) is 3.09. The summed E-state index contributed by atoms with van der Waals surface area (Å²) in [4.78, 5) is 14.8. The van der Waals surface area contributed by atoms with Crippen molar-refractivity contribution in [3.63, 3.8) is 0 Å². The maximum absolute atomic E-state index is 12.9. The zero-order valence-electron chi connectivity index (χ0n) is 14.8. The highest BCUT2D eigenvalue weighted by Gasteiger charge is 2.25. The van der Waals surface area contributed by atoms with Gasteiger partial charge in [-0.05, 0) is 53.6 Å². The number of carbonyl (C=O) groups is 1. The maximum atomic E-state index is 12.9. The van der Waals surface area contributed by atoms with E-state index in [1.165, 1.54) is 5.56 Å². The minimum Gasteiger partial charge on any atom is -0.507 e. The molecule has 3 heteroatoms. The first-order valence-corrected chi connectivity index (χ1v) is 9.25. The van der Waals surface area contributed by atoms with Crippen molar-refractivity contribution in [2.75, 3.05) is 13.1 Å². The quantitative estimate of drug-likeness (QED) is 0.751. The van der Waals surface area contributed by atoms with Crippen molar-refractivity contribution >= 4 is 16.7 Å². The molecule has 1 aliphatic rings. The Labute approximate surface area is 153 Å². The fourth-order valence-electron chi connectivity index (χ4n) is 3.86. The second-order valence-electron chi connectivity index (χ2n) is 7.14. The molecular weight excluding hydrogens is 322 g/mol. The number of phenols is 1. The van der Waals surface area contributed by atoms with E-state index in [1.807, 2.05) is 41.3 Å². The Kier molecular flexibility index (Phi) is 4.61. The molecule has 1 fully saturated rings. The number of aromatic hydroxyl groups is 1. The van der Waals surface area contributed by atoms with E-state index in [9.17, 15) is 9.90 Å². The Bertz CT molecular complexity index is 912. The smallest absolute Gasteiger partial charge is 0.257 e. The normalized spacial score (nSPS) is 15.3. The lowest BCUT2D eigenvalue weighted by molar-refractivity contribution is 0.0688. The predicted molar refractivity (Wildman–Crippen MR) is 104 cm³/mol. The summed E-state index contributed by atoms with van der Waals surface area (Å²) in [6, 6.07) is 21.8. The molecule has 1 saturated heterocycles. The van der Waals surface area contributed by atoms with Crippen LogP contribution in [0.4, 0.5) is 0 Å². The molecule has 0 unspecified atom stereocenters. The molecule has 0 atom stereocenters. The molecular formula is C23H23NO2. The largest absolute Gasteiger partial charge is 0.507 e. The van der Waals surface area contributed by atoms with Gasteiger partial charge in [0.15, 0.2) is 0 Å². The standard InChI is InChI=1S/C23H23NO2/c25-22-16-20-9-5-4-8-19(20)15-21(22)23(26)24-12-10-18(11-13-24)14-17-6-2-1-3-7-17/h1-9,15-16,18,25H,10-14H2. The van der Waals surface area contributed by atoms with E-state index >= 15 is 0 Å². The first-order chi connectivity index (χ1) is 12.7. The SMILES string of the molecule is O=C(c1cc2ccccc2cc1O)N1CCC(Cc2ccccc2)CC1. The van der Waals surface area contributed by atoms with Crippen molar-refractivity contribution in [1.82, 2.24) is 4.90 Å². The Hall–Kier alpha value is -2.81. The van der Waals surface area contributed by atoms with Crippen LogP contribution in [0.3, 0.4) is 0 Å². The minimum atomic E-state index is -0.0635. The number of rotatable bonds is 3. The van der Waals surface area contributed by atoms with E-state index in [1.54, 1.807) is 6.07 Å². The van der Waals surface area contributed by atoms with Crippen molar-refractivity contribution in [2.45, 2.75) is 19.3 Å². The highest BCUT2D eigenvalue weighted by atomic mass is 16.3. The van der Waals surface area contributed by atoms with Gasteiger partial charge in [-0.2, -0.15) is 0 Å². The average Bonchev–Trinajstić information content (AvgIpc) is 2.68. The van der Waals surface area contributed by atoms with Gasteiger partial charge in [-0.1, -0.05) is 54.6 Å². The second-order valence-corrected chi connectivity index (χ2v) is 7.14. The molecule has 1 N–H and O–H groups in total. The fraction of sp³-hybridized carbons (Fsp3) is 0.261. The third-order valence-corrected chi connectivity index (χ3v) is 5.36. The summed E-state index contributed by atoms with van der Waals surface area (Å²) >= 11 is 0. The zero-order valence-corrected chi connectivity index (χ0v) is 14.8.